The van der Waals surface area contributed by atoms with Crippen LogP contribution >= 0.6 is 0 Å². The van der Waals surface area contributed by atoms with E-state index in [1.54, 1.807) is 12.4 Å². The van der Waals surface area contributed by atoms with Crippen LogP contribution in [-0.2, 0) is 0 Å². The Hall–Kier alpha value is -2.53. The summed E-state index contributed by atoms with van der Waals surface area (Å²) in [7, 11) is 1.94. The fraction of sp³-hybridized carbons (Fsp3) is 0.235. The van der Waals surface area contributed by atoms with Gasteiger partial charge in [-0.3, -0.25) is 4.98 Å². The molecule has 0 saturated heterocycles. The lowest BCUT2D eigenvalue weighted by Gasteiger charge is -2.16. The average Bonchev–Trinajstić information content (AvgIpc) is 2.56. The Morgan fingerprint density at radius 2 is 1.95 bits per heavy atom. The quantitative estimate of drug-likeness (QED) is 0.757. The summed E-state index contributed by atoms with van der Waals surface area (Å²) in [5.41, 5.74) is 1.84. The van der Waals surface area contributed by atoms with E-state index in [1.807, 2.05) is 43.4 Å². The lowest BCUT2D eigenvalue weighted by Crippen LogP contribution is -2.28. The number of rotatable bonds is 5. The number of hydrogen-bond donors (Lipinski definition) is 2. The van der Waals surface area contributed by atoms with Crippen molar-refractivity contribution in [2.75, 3.05) is 18.9 Å². The van der Waals surface area contributed by atoms with Crippen LogP contribution < -0.4 is 10.6 Å². The Morgan fingerprint density at radius 3 is 2.73 bits per heavy atom. The van der Waals surface area contributed by atoms with Gasteiger partial charge in [0.2, 0.25) is 0 Å². The highest BCUT2D eigenvalue weighted by atomic mass is 15.1. The van der Waals surface area contributed by atoms with E-state index in [2.05, 4.69) is 27.5 Å². The Bertz CT molecular complexity index is 757. The van der Waals surface area contributed by atoms with Crippen LogP contribution in [0.4, 0.5) is 5.82 Å². The van der Waals surface area contributed by atoms with Gasteiger partial charge in [-0.25, -0.2) is 9.97 Å². The predicted molar refractivity (Wildman–Crippen MR) is 89.8 cm³/mol. The van der Waals surface area contributed by atoms with Gasteiger partial charge in [0.1, 0.15) is 5.82 Å². The summed E-state index contributed by atoms with van der Waals surface area (Å²) >= 11 is 0. The van der Waals surface area contributed by atoms with Crippen molar-refractivity contribution in [3.63, 3.8) is 0 Å². The van der Waals surface area contributed by atoms with Crippen LogP contribution in [0.15, 0.2) is 48.8 Å². The molecule has 2 heterocycles. The smallest absolute Gasteiger partial charge is 0.163 e. The molecule has 1 atom stereocenters. The first-order chi connectivity index (χ1) is 10.8. The van der Waals surface area contributed by atoms with E-state index in [4.69, 9.17) is 4.98 Å². The van der Waals surface area contributed by atoms with Gasteiger partial charge in [-0.2, -0.15) is 0 Å². The summed E-state index contributed by atoms with van der Waals surface area (Å²) < 4.78 is 0. The second-order valence-electron chi connectivity index (χ2n) is 5.26. The van der Waals surface area contributed by atoms with Gasteiger partial charge in [-0.1, -0.05) is 12.1 Å². The van der Waals surface area contributed by atoms with Gasteiger partial charge in [0.15, 0.2) is 5.82 Å². The minimum Gasteiger partial charge on any atom is -0.366 e. The van der Waals surface area contributed by atoms with Crippen LogP contribution in [0.3, 0.4) is 0 Å². The Kier molecular flexibility index (Phi) is 4.25. The largest absolute Gasteiger partial charge is 0.366 e. The van der Waals surface area contributed by atoms with Crippen molar-refractivity contribution in [1.29, 1.82) is 0 Å². The SMILES string of the molecule is CNCC(C)Nc1nc(-c2cccnc2)nc2ccccc12. The third kappa shape index (κ3) is 3.04. The summed E-state index contributed by atoms with van der Waals surface area (Å²) in [6, 6.07) is 12.2. The van der Waals surface area contributed by atoms with E-state index in [1.165, 1.54) is 0 Å². The Morgan fingerprint density at radius 1 is 1.09 bits per heavy atom. The average molecular weight is 293 g/mol. The molecule has 0 saturated carbocycles. The summed E-state index contributed by atoms with van der Waals surface area (Å²) in [4.78, 5) is 13.5. The van der Waals surface area contributed by atoms with Crippen LogP contribution in [0.2, 0.25) is 0 Å². The van der Waals surface area contributed by atoms with Crippen molar-refractivity contribution in [2.45, 2.75) is 13.0 Å². The van der Waals surface area contributed by atoms with E-state index < -0.39 is 0 Å². The molecule has 22 heavy (non-hydrogen) atoms. The number of benzene rings is 1. The minimum atomic E-state index is 0.269. The third-order valence-electron chi connectivity index (χ3n) is 3.42. The van der Waals surface area contributed by atoms with Crippen molar-refractivity contribution in [3.05, 3.63) is 48.8 Å². The van der Waals surface area contributed by atoms with Gasteiger partial charge in [0.25, 0.3) is 0 Å². The first kappa shape index (κ1) is 14.4. The maximum Gasteiger partial charge on any atom is 0.163 e. The Labute approximate surface area is 129 Å². The highest BCUT2D eigenvalue weighted by Crippen LogP contribution is 2.24. The Balaban J connectivity index is 2.08. The molecule has 0 spiro atoms. The molecule has 0 radical (unpaired) electrons. The molecule has 1 unspecified atom stereocenters. The maximum absolute atomic E-state index is 4.70. The van der Waals surface area contributed by atoms with E-state index in [0.717, 1.165) is 28.8 Å². The molecule has 1 aromatic carbocycles. The molecule has 0 aliphatic carbocycles. The highest BCUT2D eigenvalue weighted by molar-refractivity contribution is 5.90. The lowest BCUT2D eigenvalue weighted by atomic mass is 10.2. The van der Waals surface area contributed by atoms with Gasteiger partial charge in [0, 0.05) is 35.9 Å². The summed E-state index contributed by atoms with van der Waals surface area (Å²) in [5, 5.41) is 7.65. The molecular formula is C17H19N5. The lowest BCUT2D eigenvalue weighted by molar-refractivity contribution is 0.699. The molecule has 0 aliphatic heterocycles. The van der Waals surface area contributed by atoms with Crippen LogP contribution in [0.1, 0.15) is 6.92 Å². The first-order valence-electron chi connectivity index (χ1n) is 7.36. The number of hydrogen-bond acceptors (Lipinski definition) is 5. The van der Waals surface area contributed by atoms with Gasteiger partial charge >= 0.3 is 0 Å². The van der Waals surface area contributed by atoms with Gasteiger partial charge in [-0.05, 0) is 38.2 Å². The van der Waals surface area contributed by atoms with Crippen molar-refractivity contribution < 1.29 is 0 Å². The van der Waals surface area contributed by atoms with E-state index in [0.29, 0.717) is 5.82 Å². The van der Waals surface area contributed by atoms with Crippen molar-refractivity contribution in [1.82, 2.24) is 20.3 Å². The topological polar surface area (TPSA) is 62.7 Å². The number of para-hydroxylation sites is 1. The molecule has 2 N–H and O–H groups in total. The summed E-state index contributed by atoms with van der Waals surface area (Å²) in [5.74, 6) is 1.54. The number of anilines is 1. The number of likely N-dealkylation sites (N-methyl/N-ethyl adjacent to an activating group) is 1. The molecule has 5 heteroatoms. The van der Waals surface area contributed by atoms with Crippen molar-refractivity contribution in [2.24, 2.45) is 0 Å². The maximum atomic E-state index is 4.70. The first-order valence-corrected chi connectivity index (χ1v) is 7.36. The van der Waals surface area contributed by atoms with Crippen LogP contribution in [0.5, 0.6) is 0 Å². The zero-order valence-corrected chi connectivity index (χ0v) is 12.7. The number of aromatic nitrogens is 3. The predicted octanol–water partition coefficient (Wildman–Crippen LogP) is 2.71. The fourth-order valence-corrected chi connectivity index (χ4v) is 2.40. The van der Waals surface area contributed by atoms with Gasteiger partial charge in [-0.15, -0.1) is 0 Å². The van der Waals surface area contributed by atoms with Crippen LogP contribution in [0, 0.1) is 0 Å². The summed E-state index contributed by atoms with van der Waals surface area (Å²) in [6.07, 6.45) is 3.53. The molecule has 3 rings (SSSR count). The van der Waals surface area contributed by atoms with E-state index in [9.17, 15) is 0 Å². The molecule has 3 aromatic rings. The molecule has 112 valence electrons. The van der Waals surface area contributed by atoms with Crippen LogP contribution in [-0.4, -0.2) is 34.6 Å². The minimum absolute atomic E-state index is 0.269. The van der Waals surface area contributed by atoms with E-state index in [-0.39, 0.29) is 6.04 Å². The van der Waals surface area contributed by atoms with Crippen molar-refractivity contribution >= 4 is 16.7 Å². The number of pyridine rings is 1. The van der Waals surface area contributed by atoms with Gasteiger partial charge in [0.05, 0.1) is 5.52 Å². The number of nitrogens with one attached hydrogen (secondary N) is 2. The highest BCUT2D eigenvalue weighted by Gasteiger charge is 2.11. The molecule has 5 nitrogen and oxygen atoms in total. The molecule has 0 fully saturated rings. The zero-order chi connectivity index (χ0) is 15.4. The molecule has 0 bridgehead atoms. The molecule has 0 aliphatic rings. The van der Waals surface area contributed by atoms with Crippen molar-refractivity contribution in [3.8, 4) is 11.4 Å². The number of fused-ring (bicyclic) bond motifs is 1. The molecule has 2 aromatic heterocycles. The third-order valence-corrected chi connectivity index (χ3v) is 3.42. The second-order valence-corrected chi connectivity index (χ2v) is 5.26. The normalized spacial score (nSPS) is 12.3. The number of nitrogens with zero attached hydrogens (tertiary/aromatic N) is 3. The standard InChI is InChI=1S/C17H19N5/c1-12(10-18-2)20-17-14-7-3-4-8-15(14)21-16(22-17)13-6-5-9-19-11-13/h3-9,11-12,18H,10H2,1-2H3,(H,20,21,22). The van der Waals surface area contributed by atoms with E-state index >= 15 is 0 Å². The molecule has 0 amide bonds. The second kappa shape index (κ2) is 6.49. The molecular weight excluding hydrogens is 274 g/mol. The fourth-order valence-electron chi connectivity index (χ4n) is 2.40. The monoisotopic (exact) mass is 293 g/mol. The zero-order valence-electron chi connectivity index (χ0n) is 12.7. The van der Waals surface area contributed by atoms with Gasteiger partial charge < -0.3 is 10.6 Å². The summed E-state index contributed by atoms with van der Waals surface area (Å²) in [6.45, 7) is 2.98. The van der Waals surface area contributed by atoms with Crippen LogP contribution in [0.25, 0.3) is 22.3 Å².